The van der Waals surface area contributed by atoms with Gasteiger partial charge in [0.1, 0.15) is 0 Å². The van der Waals surface area contributed by atoms with Gasteiger partial charge < -0.3 is 10.1 Å². The minimum Gasteiger partial charge on any atom is -0.462 e. The second kappa shape index (κ2) is 11.0. The summed E-state index contributed by atoms with van der Waals surface area (Å²) in [6, 6.07) is 0. The predicted molar refractivity (Wildman–Crippen MR) is 89.5 cm³/mol. The highest BCUT2D eigenvalue weighted by molar-refractivity contribution is 7.85. The molecule has 23 heavy (non-hydrogen) atoms. The highest BCUT2D eigenvalue weighted by Crippen LogP contribution is 2.05. The van der Waals surface area contributed by atoms with Crippen molar-refractivity contribution < 1.29 is 27.3 Å². The van der Waals surface area contributed by atoms with Crippen molar-refractivity contribution in [1.29, 1.82) is 0 Å². The largest absolute Gasteiger partial charge is 0.462 e. The molecule has 0 bridgehead atoms. The van der Waals surface area contributed by atoms with E-state index in [2.05, 4.69) is 25.4 Å². The fraction of sp³-hybridized carbons (Fsp3) is 0.600. The fourth-order valence-electron chi connectivity index (χ4n) is 1.31. The van der Waals surface area contributed by atoms with Crippen LogP contribution in [0.15, 0.2) is 24.8 Å². The summed E-state index contributed by atoms with van der Waals surface area (Å²) in [6.07, 6.45) is 3.01. The van der Waals surface area contributed by atoms with Crippen LogP contribution in [0.5, 0.6) is 0 Å². The molecule has 8 heteroatoms. The molecule has 0 aromatic carbocycles. The Bertz CT molecular complexity index is 522. The smallest absolute Gasteiger partial charge is 0.333 e. The number of ether oxygens (including phenoxy) is 1. The minimum atomic E-state index is -4.08. The van der Waals surface area contributed by atoms with Crippen LogP contribution in [0.3, 0.4) is 0 Å². The summed E-state index contributed by atoms with van der Waals surface area (Å²) in [5.41, 5.74) is -0.533. The lowest BCUT2D eigenvalue weighted by molar-refractivity contribution is -0.139. The van der Waals surface area contributed by atoms with E-state index in [1.807, 2.05) is 0 Å². The molecule has 0 atom stereocenters. The second-order valence-corrected chi connectivity index (χ2v) is 7.03. The maximum atomic E-state index is 10.8. The van der Waals surface area contributed by atoms with Crippen LogP contribution in [0.1, 0.15) is 40.5 Å². The van der Waals surface area contributed by atoms with Gasteiger partial charge in [-0.15, -0.1) is 0 Å². The van der Waals surface area contributed by atoms with Crippen LogP contribution < -0.4 is 5.32 Å². The van der Waals surface area contributed by atoms with Crippen LogP contribution in [0.4, 0.5) is 0 Å². The average molecular weight is 349 g/mol. The number of carbonyl (C=O) groups is 2. The zero-order chi connectivity index (χ0) is 18.7. The summed E-state index contributed by atoms with van der Waals surface area (Å²) in [5.74, 6) is -1.29. The van der Waals surface area contributed by atoms with Crippen LogP contribution in [-0.4, -0.2) is 42.7 Å². The third kappa shape index (κ3) is 16.5. The number of nitrogens with one attached hydrogen (secondary N) is 1. The molecule has 0 aromatic rings. The molecule has 0 aromatic heterocycles. The zero-order valence-corrected chi connectivity index (χ0v) is 15.0. The number of rotatable bonds is 8. The van der Waals surface area contributed by atoms with E-state index < -0.39 is 27.3 Å². The summed E-state index contributed by atoms with van der Waals surface area (Å²) in [6.45, 7) is 13.9. The van der Waals surface area contributed by atoms with Gasteiger partial charge >= 0.3 is 5.97 Å². The number of hydrogen-bond donors (Lipinski definition) is 2. The summed E-state index contributed by atoms with van der Waals surface area (Å²) >= 11 is 0. The molecular formula is C15H27NO6S. The first-order chi connectivity index (χ1) is 10.3. The van der Waals surface area contributed by atoms with E-state index in [1.165, 1.54) is 13.8 Å². The molecular weight excluding hydrogens is 322 g/mol. The molecule has 0 aliphatic heterocycles. The number of amides is 1. The van der Waals surface area contributed by atoms with E-state index in [-0.39, 0.29) is 5.97 Å². The molecule has 0 rings (SSSR count). The first-order valence-corrected chi connectivity index (χ1v) is 8.68. The van der Waals surface area contributed by atoms with Crippen LogP contribution in [0.2, 0.25) is 0 Å². The molecule has 0 spiro atoms. The highest BCUT2D eigenvalue weighted by atomic mass is 32.2. The Morgan fingerprint density at radius 2 is 1.87 bits per heavy atom. The molecule has 2 N–H and O–H groups in total. The Kier molecular flexibility index (Phi) is 11.2. The molecule has 7 nitrogen and oxygen atoms in total. The lowest BCUT2D eigenvalue weighted by atomic mass is 10.1. The monoisotopic (exact) mass is 349 g/mol. The normalized spacial score (nSPS) is 10.8. The summed E-state index contributed by atoms with van der Waals surface area (Å²) < 4.78 is 34.3. The quantitative estimate of drug-likeness (QED) is 0.299. The Hall–Kier alpha value is -1.67. The van der Waals surface area contributed by atoms with E-state index >= 15 is 0 Å². The van der Waals surface area contributed by atoms with Crippen LogP contribution in [-0.2, 0) is 24.4 Å². The summed E-state index contributed by atoms with van der Waals surface area (Å²) in [7, 11) is -4.08. The lowest BCUT2D eigenvalue weighted by Crippen LogP contribution is -2.47. The van der Waals surface area contributed by atoms with Crippen LogP contribution in [0, 0.1) is 0 Å². The molecule has 0 aliphatic rings. The Morgan fingerprint density at radius 1 is 1.35 bits per heavy atom. The fourth-order valence-corrected chi connectivity index (χ4v) is 2.29. The Morgan fingerprint density at radius 3 is 2.22 bits per heavy atom. The highest BCUT2D eigenvalue weighted by Gasteiger charge is 2.25. The maximum absolute atomic E-state index is 10.8. The Balaban J connectivity index is 0. The standard InChI is InChI=1S/C8H14O2.C7H13NO4S/c1-4-5-6-10-8(9)7(2)3;1-4-6(9)8-7(2,3)5-13(10,11)12/h2,4-6H2,1,3H3;4H,1,5H2,2-3H3,(H,8,9)(H,10,11,12). The van der Waals surface area contributed by atoms with Gasteiger partial charge in [-0.2, -0.15) is 8.42 Å². The average Bonchev–Trinajstić information content (AvgIpc) is 2.35. The number of carbonyl (C=O) groups excluding carboxylic acids is 2. The van der Waals surface area contributed by atoms with Gasteiger partial charge in [0.15, 0.2) is 0 Å². The van der Waals surface area contributed by atoms with Crippen LogP contribution in [0.25, 0.3) is 0 Å². The molecule has 0 saturated heterocycles. The molecule has 0 unspecified atom stereocenters. The van der Waals surface area contributed by atoms with Crippen LogP contribution >= 0.6 is 0 Å². The summed E-state index contributed by atoms with van der Waals surface area (Å²) in [4.78, 5) is 21.5. The second-order valence-electron chi connectivity index (χ2n) is 5.57. The predicted octanol–water partition coefficient (Wildman–Crippen LogP) is 1.86. The topological polar surface area (TPSA) is 110 Å². The molecule has 134 valence electrons. The van der Waals surface area contributed by atoms with Gasteiger partial charge in [0.05, 0.1) is 17.9 Å². The van der Waals surface area contributed by atoms with Gasteiger partial charge in [-0.1, -0.05) is 26.5 Å². The lowest BCUT2D eigenvalue weighted by Gasteiger charge is -2.23. The number of esters is 1. The Labute approximate surface area is 138 Å². The summed E-state index contributed by atoms with van der Waals surface area (Å²) in [5, 5.41) is 2.37. The molecule has 0 saturated carbocycles. The van der Waals surface area contributed by atoms with Gasteiger partial charge in [0.25, 0.3) is 10.1 Å². The van der Waals surface area contributed by atoms with Crippen molar-refractivity contribution >= 4 is 22.0 Å². The van der Waals surface area contributed by atoms with Crippen molar-refractivity contribution in [2.45, 2.75) is 46.1 Å². The van der Waals surface area contributed by atoms with Crippen molar-refractivity contribution in [3.05, 3.63) is 24.8 Å². The molecule has 0 aliphatic carbocycles. The SMILES string of the molecule is C=C(C)C(=O)OCCCC.C=CC(=O)NC(C)(C)CS(=O)(=O)O. The molecule has 0 fully saturated rings. The molecule has 1 amide bonds. The first kappa shape index (κ1) is 23.6. The third-order valence-electron chi connectivity index (χ3n) is 2.27. The van der Waals surface area contributed by atoms with Crippen molar-refractivity contribution in [2.24, 2.45) is 0 Å². The van der Waals surface area contributed by atoms with Gasteiger partial charge in [-0.25, -0.2) is 4.79 Å². The minimum absolute atomic E-state index is 0.284. The van der Waals surface area contributed by atoms with E-state index in [1.54, 1.807) is 6.92 Å². The maximum Gasteiger partial charge on any atom is 0.333 e. The van der Waals surface area contributed by atoms with E-state index in [4.69, 9.17) is 9.29 Å². The first-order valence-electron chi connectivity index (χ1n) is 7.07. The van der Waals surface area contributed by atoms with Crippen molar-refractivity contribution in [2.75, 3.05) is 12.4 Å². The third-order valence-corrected chi connectivity index (χ3v) is 3.36. The van der Waals surface area contributed by atoms with Gasteiger partial charge in [-0.3, -0.25) is 9.35 Å². The van der Waals surface area contributed by atoms with Crippen molar-refractivity contribution in [3.8, 4) is 0 Å². The van der Waals surface area contributed by atoms with E-state index in [0.717, 1.165) is 18.9 Å². The van der Waals surface area contributed by atoms with Gasteiger partial charge in [0.2, 0.25) is 5.91 Å². The zero-order valence-electron chi connectivity index (χ0n) is 14.2. The number of hydrogen-bond acceptors (Lipinski definition) is 5. The van der Waals surface area contributed by atoms with Crippen molar-refractivity contribution in [1.82, 2.24) is 5.32 Å². The van der Waals surface area contributed by atoms with E-state index in [9.17, 15) is 18.0 Å². The van der Waals surface area contributed by atoms with Gasteiger partial charge in [-0.05, 0) is 33.3 Å². The van der Waals surface area contributed by atoms with Crippen molar-refractivity contribution in [3.63, 3.8) is 0 Å². The number of unbranched alkanes of at least 4 members (excludes halogenated alkanes) is 1. The molecule has 0 heterocycles. The van der Waals surface area contributed by atoms with Gasteiger partial charge in [0, 0.05) is 5.57 Å². The molecule has 0 radical (unpaired) electrons. The van der Waals surface area contributed by atoms with E-state index in [0.29, 0.717) is 12.2 Å².